The molecule has 0 fully saturated rings. The number of likely N-dealkylation sites (N-methyl/N-ethyl adjacent to an activating group) is 1. The van der Waals surface area contributed by atoms with Gasteiger partial charge in [0.05, 0.1) is 17.5 Å². The maximum atomic E-state index is 11.4. The number of sulfone groups is 1. The largest absolute Gasteiger partial charge is 0.494 e. The SMILES string of the molecule is C[C@H](C(N)=O)N(C)CCCOc1cccc(S(C)(=O)=O)c1. The maximum absolute atomic E-state index is 11.4. The van der Waals surface area contributed by atoms with Gasteiger partial charge in [0, 0.05) is 12.8 Å². The molecule has 1 atom stereocenters. The molecule has 0 radical (unpaired) electrons. The fraction of sp³-hybridized carbons (Fsp3) is 0.500. The van der Waals surface area contributed by atoms with Crippen LogP contribution in [0.4, 0.5) is 0 Å². The first-order valence-electron chi connectivity index (χ1n) is 6.64. The van der Waals surface area contributed by atoms with Crippen molar-refractivity contribution in [2.75, 3.05) is 26.5 Å². The predicted molar refractivity (Wildman–Crippen MR) is 81.0 cm³/mol. The third-order valence-electron chi connectivity index (χ3n) is 3.23. The molecule has 7 heteroatoms. The Hall–Kier alpha value is -1.60. The molecule has 118 valence electrons. The minimum atomic E-state index is -3.23. The molecule has 0 heterocycles. The molecule has 0 saturated heterocycles. The molecule has 1 rings (SSSR count). The summed E-state index contributed by atoms with van der Waals surface area (Å²) in [5.41, 5.74) is 5.22. The van der Waals surface area contributed by atoms with Crippen molar-refractivity contribution in [2.24, 2.45) is 5.73 Å². The summed E-state index contributed by atoms with van der Waals surface area (Å²) in [5, 5.41) is 0. The number of carbonyl (C=O) groups is 1. The Bertz CT molecular complexity index is 586. The average Bonchev–Trinajstić information content (AvgIpc) is 2.41. The highest BCUT2D eigenvalue weighted by atomic mass is 32.2. The van der Waals surface area contributed by atoms with E-state index in [1.807, 2.05) is 11.9 Å². The highest BCUT2D eigenvalue weighted by Crippen LogP contribution is 2.17. The van der Waals surface area contributed by atoms with Gasteiger partial charge in [-0.1, -0.05) is 6.07 Å². The highest BCUT2D eigenvalue weighted by Gasteiger charge is 2.14. The van der Waals surface area contributed by atoms with Crippen LogP contribution < -0.4 is 10.5 Å². The quantitative estimate of drug-likeness (QED) is 0.712. The van der Waals surface area contributed by atoms with Crippen molar-refractivity contribution in [1.29, 1.82) is 0 Å². The summed E-state index contributed by atoms with van der Waals surface area (Å²) >= 11 is 0. The molecule has 1 aromatic carbocycles. The summed E-state index contributed by atoms with van der Waals surface area (Å²) < 4.78 is 28.4. The normalized spacial score (nSPS) is 13.1. The number of amides is 1. The standard InChI is InChI=1S/C14H22N2O4S/c1-11(14(15)17)16(2)8-5-9-20-12-6-4-7-13(10-12)21(3,18)19/h4,6-7,10-11H,5,8-9H2,1-3H3,(H2,15,17)/t11-/m1/s1. The van der Waals surface area contributed by atoms with E-state index in [4.69, 9.17) is 10.5 Å². The number of hydrogen-bond acceptors (Lipinski definition) is 5. The molecule has 0 aliphatic heterocycles. The van der Waals surface area contributed by atoms with Gasteiger partial charge in [-0.15, -0.1) is 0 Å². The summed E-state index contributed by atoms with van der Waals surface area (Å²) in [6.45, 7) is 2.84. The molecular formula is C14H22N2O4S. The topological polar surface area (TPSA) is 89.7 Å². The summed E-state index contributed by atoms with van der Waals surface area (Å²) in [5.74, 6) is 0.155. The lowest BCUT2D eigenvalue weighted by atomic mass is 10.2. The van der Waals surface area contributed by atoms with Crippen LogP contribution in [-0.4, -0.2) is 51.7 Å². The summed E-state index contributed by atoms with van der Waals surface area (Å²) in [6.07, 6.45) is 1.86. The summed E-state index contributed by atoms with van der Waals surface area (Å²) in [7, 11) is -1.41. The van der Waals surface area contributed by atoms with Gasteiger partial charge >= 0.3 is 0 Å². The van der Waals surface area contributed by atoms with E-state index >= 15 is 0 Å². The first kappa shape index (κ1) is 17.5. The molecule has 0 saturated carbocycles. The van der Waals surface area contributed by atoms with Crippen molar-refractivity contribution in [3.8, 4) is 5.75 Å². The van der Waals surface area contributed by atoms with E-state index in [1.54, 1.807) is 19.1 Å². The first-order valence-corrected chi connectivity index (χ1v) is 8.53. The number of benzene rings is 1. The van der Waals surface area contributed by atoms with Gasteiger partial charge in [-0.25, -0.2) is 8.42 Å². The lowest BCUT2D eigenvalue weighted by molar-refractivity contribution is -0.122. The highest BCUT2D eigenvalue weighted by molar-refractivity contribution is 7.90. The van der Waals surface area contributed by atoms with Gasteiger partial charge in [0.25, 0.3) is 0 Å². The van der Waals surface area contributed by atoms with Gasteiger partial charge in [0.2, 0.25) is 5.91 Å². The van der Waals surface area contributed by atoms with Crippen molar-refractivity contribution in [1.82, 2.24) is 4.90 Å². The zero-order valence-electron chi connectivity index (χ0n) is 12.6. The molecule has 0 spiro atoms. The van der Waals surface area contributed by atoms with E-state index in [1.165, 1.54) is 12.1 Å². The lowest BCUT2D eigenvalue weighted by Gasteiger charge is -2.21. The lowest BCUT2D eigenvalue weighted by Crippen LogP contribution is -2.40. The summed E-state index contributed by atoms with van der Waals surface area (Å²) in [4.78, 5) is 13.1. The van der Waals surface area contributed by atoms with E-state index < -0.39 is 9.84 Å². The monoisotopic (exact) mass is 314 g/mol. The molecule has 0 bridgehead atoms. The van der Waals surface area contributed by atoms with Crippen molar-refractivity contribution < 1.29 is 17.9 Å². The number of ether oxygens (including phenoxy) is 1. The Morgan fingerprint density at radius 2 is 2.10 bits per heavy atom. The van der Waals surface area contributed by atoms with E-state index in [9.17, 15) is 13.2 Å². The van der Waals surface area contributed by atoms with Crippen LogP contribution in [0.2, 0.25) is 0 Å². The minimum absolute atomic E-state index is 0.236. The van der Waals surface area contributed by atoms with Crippen molar-refractivity contribution >= 4 is 15.7 Å². The fourth-order valence-electron chi connectivity index (χ4n) is 1.71. The number of carbonyl (C=O) groups excluding carboxylic acids is 1. The van der Waals surface area contributed by atoms with Crippen LogP contribution in [0.15, 0.2) is 29.2 Å². The Morgan fingerprint density at radius 1 is 1.43 bits per heavy atom. The van der Waals surface area contributed by atoms with Crippen LogP contribution in [0.5, 0.6) is 5.75 Å². The smallest absolute Gasteiger partial charge is 0.234 e. The molecule has 21 heavy (non-hydrogen) atoms. The molecule has 0 unspecified atom stereocenters. The Labute approximate surface area is 125 Å². The van der Waals surface area contributed by atoms with E-state index in [0.717, 1.165) is 6.26 Å². The first-order chi connectivity index (χ1) is 9.71. The second kappa shape index (κ2) is 7.42. The van der Waals surface area contributed by atoms with E-state index in [-0.39, 0.29) is 16.8 Å². The number of nitrogens with two attached hydrogens (primary N) is 1. The minimum Gasteiger partial charge on any atom is -0.494 e. The average molecular weight is 314 g/mol. The fourth-order valence-corrected chi connectivity index (χ4v) is 2.37. The van der Waals surface area contributed by atoms with Crippen molar-refractivity contribution in [2.45, 2.75) is 24.3 Å². The van der Waals surface area contributed by atoms with Crippen LogP contribution in [0.25, 0.3) is 0 Å². The van der Waals surface area contributed by atoms with E-state index in [2.05, 4.69) is 0 Å². The van der Waals surface area contributed by atoms with Gasteiger partial charge < -0.3 is 10.5 Å². The molecule has 0 aromatic heterocycles. The molecular weight excluding hydrogens is 292 g/mol. The zero-order chi connectivity index (χ0) is 16.0. The molecule has 6 nitrogen and oxygen atoms in total. The Balaban J connectivity index is 2.45. The van der Waals surface area contributed by atoms with Crippen molar-refractivity contribution in [3.63, 3.8) is 0 Å². The summed E-state index contributed by atoms with van der Waals surface area (Å²) in [6, 6.07) is 6.08. The van der Waals surface area contributed by atoms with Gasteiger partial charge in [-0.2, -0.15) is 0 Å². The van der Waals surface area contributed by atoms with Crippen LogP contribution in [0.1, 0.15) is 13.3 Å². The predicted octanol–water partition coefficient (Wildman–Crippen LogP) is 0.665. The third-order valence-corrected chi connectivity index (χ3v) is 4.34. The second-order valence-corrected chi connectivity index (χ2v) is 7.02. The van der Waals surface area contributed by atoms with Gasteiger partial charge in [-0.05, 0) is 38.6 Å². The third kappa shape index (κ3) is 5.73. The van der Waals surface area contributed by atoms with Gasteiger partial charge in [0.1, 0.15) is 5.75 Å². The van der Waals surface area contributed by atoms with Gasteiger partial charge in [0.15, 0.2) is 9.84 Å². The zero-order valence-corrected chi connectivity index (χ0v) is 13.4. The maximum Gasteiger partial charge on any atom is 0.234 e. The number of nitrogens with zero attached hydrogens (tertiary/aromatic N) is 1. The van der Waals surface area contributed by atoms with Crippen LogP contribution in [-0.2, 0) is 14.6 Å². The Kier molecular flexibility index (Phi) is 6.17. The van der Waals surface area contributed by atoms with Crippen LogP contribution >= 0.6 is 0 Å². The van der Waals surface area contributed by atoms with E-state index in [0.29, 0.717) is 25.3 Å². The number of rotatable bonds is 8. The molecule has 0 aliphatic rings. The molecule has 1 amide bonds. The number of hydrogen-bond donors (Lipinski definition) is 1. The van der Waals surface area contributed by atoms with Gasteiger partial charge in [-0.3, -0.25) is 9.69 Å². The second-order valence-electron chi connectivity index (χ2n) is 5.01. The number of primary amides is 1. The molecule has 2 N–H and O–H groups in total. The molecule has 1 aromatic rings. The van der Waals surface area contributed by atoms with Crippen LogP contribution in [0.3, 0.4) is 0 Å². The molecule has 0 aliphatic carbocycles. The van der Waals surface area contributed by atoms with Crippen molar-refractivity contribution in [3.05, 3.63) is 24.3 Å². The Morgan fingerprint density at radius 3 is 2.67 bits per heavy atom. The van der Waals surface area contributed by atoms with Crippen LogP contribution in [0, 0.1) is 0 Å².